The fourth-order valence-electron chi connectivity index (χ4n) is 1.28. The number of hydrogen-bond donors (Lipinski definition) is 1. The van der Waals surface area contributed by atoms with Crippen LogP contribution in [0.3, 0.4) is 0 Å². The summed E-state index contributed by atoms with van der Waals surface area (Å²) in [7, 11) is 1.33. The Bertz CT molecular complexity index is 429. The Kier molecular flexibility index (Phi) is 5.03. The Morgan fingerprint density at radius 2 is 2.12 bits per heavy atom. The van der Waals surface area contributed by atoms with Crippen molar-refractivity contribution in [1.29, 1.82) is 0 Å². The van der Waals surface area contributed by atoms with Gasteiger partial charge in [0.2, 0.25) is 0 Å². The van der Waals surface area contributed by atoms with Crippen molar-refractivity contribution in [3.05, 3.63) is 29.3 Å². The molecule has 0 fully saturated rings. The van der Waals surface area contributed by atoms with Gasteiger partial charge in [-0.2, -0.15) is 0 Å². The molecule has 1 aromatic rings. The summed E-state index contributed by atoms with van der Waals surface area (Å²) < 4.78 is 4.52. The molecule has 0 radical (unpaired) electrons. The van der Waals surface area contributed by atoms with Crippen molar-refractivity contribution >= 4 is 23.7 Å². The molecule has 0 spiro atoms. The van der Waals surface area contributed by atoms with Gasteiger partial charge in [0.1, 0.15) is 0 Å². The topological polar surface area (TPSA) is 63.6 Å². The van der Waals surface area contributed by atoms with E-state index in [0.29, 0.717) is 10.6 Å². The molecular formula is C12H14O4S. The van der Waals surface area contributed by atoms with Crippen molar-refractivity contribution in [3.8, 4) is 0 Å². The lowest BCUT2D eigenvalue weighted by atomic mass is 10.1. The molecule has 1 rings (SSSR count). The molecule has 0 heterocycles. The van der Waals surface area contributed by atoms with E-state index in [4.69, 9.17) is 5.11 Å². The average molecular weight is 254 g/mol. The highest BCUT2D eigenvalue weighted by molar-refractivity contribution is 7.99. The van der Waals surface area contributed by atoms with E-state index in [-0.39, 0.29) is 18.0 Å². The molecule has 1 aromatic carbocycles. The molecule has 1 N–H and O–H groups in total. The lowest BCUT2D eigenvalue weighted by molar-refractivity contribution is -0.140. The van der Waals surface area contributed by atoms with E-state index >= 15 is 0 Å². The van der Waals surface area contributed by atoms with E-state index in [1.54, 1.807) is 12.1 Å². The fraction of sp³-hybridized carbons (Fsp3) is 0.333. The molecule has 0 amide bonds. The maximum absolute atomic E-state index is 11.0. The zero-order valence-corrected chi connectivity index (χ0v) is 10.5. The molecule has 0 unspecified atom stereocenters. The highest BCUT2D eigenvalue weighted by Gasteiger charge is 2.11. The highest BCUT2D eigenvalue weighted by Crippen LogP contribution is 2.24. The summed E-state index contributed by atoms with van der Waals surface area (Å²) in [6.45, 7) is 1.84. The lowest BCUT2D eigenvalue weighted by Crippen LogP contribution is -2.03. The van der Waals surface area contributed by atoms with Gasteiger partial charge in [0.15, 0.2) is 0 Å². The molecular weight excluding hydrogens is 240 g/mol. The summed E-state index contributed by atoms with van der Waals surface area (Å²) in [5.74, 6) is -0.730. The van der Waals surface area contributed by atoms with Gasteiger partial charge < -0.3 is 9.84 Å². The normalized spacial score (nSPS) is 10.0. The Morgan fingerprint density at radius 3 is 2.71 bits per heavy atom. The minimum atomic E-state index is -0.950. The average Bonchev–Trinajstić information content (AvgIpc) is 2.30. The van der Waals surface area contributed by atoms with Crippen LogP contribution < -0.4 is 0 Å². The van der Waals surface area contributed by atoms with Gasteiger partial charge in [0.05, 0.1) is 19.1 Å². The second-order valence-electron chi connectivity index (χ2n) is 3.48. The van der Waals surface area contributed by atoms with Crippen LogP contribution in [0.5, 0.6) is 0 Å². The van der Waals surface area contributed by atoms with E-state index in [2.05, 4.69) is 4.74 Å². The first-order chi connectivity index (χ1) is 8.04. The minimum Gasteiger partial charge on any atom is -0.478 e. The number of carbonyl (C=O) groups excluding carboxylic acids is 1. The van der Waals surface area contributed by atoms with E-state index in [0.717, 1.165) is 5.56 Å². The first-order valence-electron chi connectivity index (χ1n) is 5.08. The minimum absolute atomic E-state index is 0.272. The van der Waals surface area contributed by atoms with Crippen molar-refractivity contribution in [1.82, 2.24) is 0 Å². The van der Waals surface area contributed by atoms with Crippen LogP contribution in [0.15, 0.2) is 23.1 Å². The number of rotatable bonds is 5. The summed E-state index contributed by atoms with van der Waals surface area (Å²) in [6.07, 6.45) is 0.272. The smallest absolute Gasteiger partial charge is 0.336 e. The number of carbonyl (C=O) groups is 2. The second kappa shape index (κ2) is 6.30. The van der Waals surface area contributed by atoms with Gasteiger partial charge in [-0.1, -0.05) is 11.6 Å². The number of aryl methyl sites for hydroxylation is 1. The van der Waals surface area contributed by atoms with Gasteiger partial charge in [-0.25, -0.2) is 4.79 Å². The Hall–Kier alpha value is -1.49. The van der Waals surface area contributed by atoms with Crippen LogP contribution in [0.1, 0.15) is 22.3 Å². The summed E-state index contributed by atoms with van der Waals surface area (Å²) in [5.41, 5.74) is 1.18. The molecule has 0 aliphatic heterocycles. The molecule has 0 bridgehead atoms. The number of thioether (sulfide) groups is 1. The molecule has 92 valence electrons. The number of aromatic carboxylic acids is 1. The van der Waals surface area contributed by atoms with Crippen molar-refractivity contribution in [2.75, 3.05) is 12.9 Å². The third-order valence-corrected chi connectivity index (χ3v) is 3.23. The van der Waals surface area contributed by atoms with E-state index in [9.17, 15) is 9.59 Å². The molecule has 17 heavy (non-hydrogen) atoms. The number of ether oxygens (including phenoxy) is 1. The number of hydrogen-bond acceptors (Lipinski definition) is 4. The van der Waals surface area contributed by atoms with Gasteiger partial charge in [0.25, 0.3) is 0 Å². The summed E-state index contributed by atoms with van der Waals surface area (Å²) >= 11 is 1.35. The number of methoxy groups -OCH3 is 1. The van der Waals surface area contributed by atoms with Crippen molar-refractivity contribution in [3.63, 3.8) is 0 Å². The first kappa shape index (κ1) is 13.6. The predicted octanol–water partition coefficient (Wildman–Crippen LogP) is 2.35. The number of carboxylic acid groups (broad SMARTS) is 1. The number of carboxylic acids is 1. The molecule has 0 aliphatic rings. The molecule has 0 aromatic heterocycles. The number of esters is 1. The monoisotopic (exact) mass is 254 g/mol. The van der Waals surface area contributed by atoms with Gasteiger partial charge in [0, 0.05) is 10.6 Å². The molecule has 0 aliphatic carbocycles. The van der Waals surface area contributed by atoms with Crippen LogP contribution in [0.4, 0.5) is 0 Å². The Labute approximate surface area is 104 Å². The lowest BCUT2D eigenvalue weighted by Gasteiger charge is -2.06. The molecule has 0 atom stereocenters. The van der Waals surface area contributed by atoms with Gasteiger partial charge >= 0.3 is 11.9 Å². The molecule has 0 saturated heterocycles. The fourth-order valence-corrected chi connectivity index (χ4v) is 2.24. The molecule has 5 heteroatoms. The molecule has 4 nitrogen and oxygen atoms in total. The number of benzene rings is 1. The van der Waals surface area contributed by atoms with Gasteiger partial charge in [-0.05, 0) is 19.1 Å². The quantitative estimate of drug-likeness (QED) is 0.645. The largest absolute Gasteiger partial charge is 0.478 e. The first-order valence-corrected chi connectivity index (χ1v) is 6.06. The second-order valence-corrected chi connectivity index (χ2v) is 4.62. The summed E-state index contributed by atoms with van der Waals surface area (Å²) in [4.78, 5) is 22.6. The van der Waals surface area contributed by atoms with Crippen molar-refractivity contribution in [2.24, 2.45) is 0 Å². The van der Waals surface area contributed by atoms with E-state index in [1.807, 2.05) is 13.0 Å². The maximum Gasteiger partial charge on any atom is 0.336 e. The van der Waals surface area contributed by atoms with Crippen LogP contribution in [0.2, 0.25) is 0 Å². The van der Waals surface area contributed by atoms with Crippen molar-refractivity contribution < 1.29 is 19.4 Å². The SMILES string of the molecule is COC(=O)CCSc1ccc(C)cc1C(=O)O. The highest BCUT2D eigenvalue weighted by atomic mass is 32.2. The third-order valence-electron chi connectivity index (χ3n) is 2.16. The molecule has 0 saturated carbocycles. The van der Waals surface area contributed by atoms with E-state index in [1.165, 1.54) is 18.9 Å². The van der Waals surface area contributed by atoms with Crippen LogP contribution in [0, 0.1) is 6.92 Å². The van der Waals surface area contributed by atoms with Crippen LogP contribution in [-0.2, 0) is 9.53 Å². The van der Waals surface area contributed by atoms with Crippen LogP contribution in [-0.4, -0.2) is 29.9 Å². The van der Waals surface area contributed by atoms with Crippen LogP contribution in [0.25, 0.3) is 0 Å². The van der Waals surface area contributed by atoms with Gasteiger partial charge in [-0.15, -0.1) is 11.8 Å². The van der Waals surface area contributed by atoms with E-state index < -0.39 is 5.97 Å². The Morgan fingerprint density at radius 1 is 1.41 bits per heavy atom. The Balaban J connectivity index is 2.70. The zero-order chi connectivity index (χ0) is 12.8. The van der Waals surface area contributed by atoms with Crippen molar-refractivity contribution in [2.45, 2.75) is 18.2 Å². The maximum atomic E-state index is 11.0. The summed E-state index contributed by atoms with van der Waals surface area (Å²) in [6, 6.07) is 5.25. The van der Waals surface area contributed by atoms with Crippen LogP contribution >= 0.6 is 11.8 Å². The summed E-state index contributed by atoms with van der Waals surface area (Å²) in [5, 5.41) is 9.04. The standard InChI is InChI=1S/C12H14O4S/c1-8-3-4-10(9(7-8)12(14)15)17-6-5-11(13)16-2/h3-4,7H,5-6H2,1-2H3,(H,14,15). The zero-order valence-electron chi connectivity index (χ0n) is 9.73. The third kappa shape index (κ3) is 4.11. The predicted molar refractivity (Wildman–Crippen MR) is 65.5 cm³/mol. The van der Waals surface area contributed by atoms with Gasteiger partial charge in [-0.3, -0.25) is 4.79 Å².